The molecule has 1 amide bonds. The molecule has 0 unspecified atom stereocenters. The van der Waals surface area contributed by atoms with Crippen LogP contribution in [0, 0.1) is 0 Å². The van der Waals surface area contributed by atoms with Crippen molar-refractivity contribution in [3.8, 4) is 0 Å². The van der Waals surface area contributed by atoms with Crippen LogP contribution in [0.25, 0.3) is 0 Å². The quantitative estimate of drug-likeness (QED) is 0.688. The van der Waals surface area contributed by atoms with Crippen LogP contribution in [0.2, 0.25) is 0 Å². The molecular formula is C9H19NO2Zn. The zero-order valence-electron chi connectivity index (χ0n) is 9.01. The summed E-state index contributed by atoms with van der Waals surface area (Å²) in [6.07, 6.45) is 1.97. The summed E-state index contributed by atoms with van der Waals surface area (Å²) in [5.41, 5.74) is 0. The SMILES string of the molecule is CCCCN(CC)C(=O)OCC.[Zn]. The van der Waals surface area contributed by atoms with Crippen molar-refractivity contribution < 1.29 is 29.0 Å². The molecule has 0 aromatic carbocycles. The van der Waals surface area contributed by atoms with Crippen LogP contribution in [0.4, 0.5) is 4.79 Å². The Kier molecular flexibility index (Phi) is 11.8. The Bertz CT molecular complexity index is 131. The van der Waals surface area contributed by atoms with Gasteiger partial charge in [0.1, 0.15) is 0 Å². The molecule has 0 spiro atoms. The van der Waals surface area contributed by atoms with Crippen LogP contribution in [0.3, 0.4) is 0 Å². The monoisotopic (exact) mass is 237 g/mol. The van der Waals surface area contributed by atoms with E-state index in [2.05, 4.69) is 6.92 Å². The van der Waals surface area contributed by atoms with Gasteiger partial charge in [0.2, 0.25) is 0 Å². The van der Waals surface area contributed by atoms with Crippen LogP contribution in [0.5, 0.6) is 0 Å². The molecule has 0 bridgehead atoms. The van der Waals surface area contributed by atoms with E-state index in [-0.39, 0.29) is 25.6 Å². The second kappa shape index (κ2) is 9.98. The Labute approximate surface area is 93.6 Å². The molecule has 0 aliphatic heterocycles. The number of rotatable bonds is 5. The molecule has 0 fully saturated rings. The molecule has 3 nitrogen and oxygen atoms in total. The minimum Gasteiger partial charge on any atom is -0.450 e. The third kappa shape index (κ3) is 7.00. The summed E-state index contributed by atoms with van der Waals surface area (Å²) in [5, 5.41) is 0. The normalized spacial score (nSPS) is 8.85. The summed E-state index contributed by atoms with van der Waals surface area (Å²) >= 11 is 0. The Morgan fingerprint density at radius 1 is 1.31 bits per heavy atom. The summed E-state index contributed by atoms with van der Waals surface area (Å²) < 4.78 is 4.88. The summed E-state index contributed by atoms with van der Waals surface area (Å²) in [5.74, 6) is 0. The van der Waals surface area contributed by atoms with Gasteiger partial charge in [0.05, 0.1) is 6.61 Å². The molecule has 4 heteroatoms. The van der Waals surface area contributed by atoms with Crippen LogP contribution in [0.1, 0.15) is 33.6 Å². The van der Waals surface area contributed by atoms with Crippen molar-refractivity contribution in [1.82, 2.24) is 4.90 Å². The van der Waals surface area contributed by atoms with Crippen molar-refractivity contribution in [3.05, 3.63) is 0 Å². The predicted molar refractivity (Wildman–Crippen MR) is 49.2 cm³/mol. The molecule has 13 heavy (non-hydrogen) atoms. The van der Waals surface area contributed by atoms with Gasteiger partial charge >= 0.3 is 6.09 Å². The number of unbranched alkanes of at least 4 members (excludes halogenated alkanes) is 1. The standard InChI is InChI=1S/C9H19NO2.Zn/c1-4-7-8-10(5-2)9(11)12-6-3;/h4-8H2,1-3H3;. The average Bonchev–Trinajstić information content (AvgIpc) is 2.06. The van der Waals surface area contributed by atoms with Gasteiger partial charge in [-0.2, -0.15) is 0 Å². The van der Waals surface area contributed by atoms with Gasteiger partial charge in [0.25, 0.3) is 0 Å². The first-order chi connectivity index (χ1) is 5.76. The van der Waals surface area contributed by atoms with Crippen LogP contribution in [-0.2, 0) is 24.2 Å². The van der Waals surface area contributed by atoms with Gasteiger partial charge in [-0.15, -0.1) is 0 Å². The van der Waals surface area contributed by atoms with Gasteiger partial charge in [0, 0.05) is 32.6 Å². The topological polar surface area (TPSA) is 29.5 Å². The van der Waals surface area contributed by atoms with Gasteiger partial charge in [-0.25, -0.2) is 4.79 Å². The van der Waals surface area contributed by atoms with E-state index in [0.717, 1.165) is 25.9 Å². The number of hydrogen-bond acceptors (Lipinski definition) is 2. The molecule has 0 heterocycles. The number of amides is 1. The largest absolute Gasteiger partial charge is 0.450 e. The summed E-state index contributed by atoms with van der Waals surface area (Å²) in [6.45, 7) is 7.91. The number of carbonyl (C=O) groups excluding carboxylic acids is 1. The first-order valence-corrected chi connectivity index (χ1v) is 4.67. The molecule has 0 aliphatic carbocycles. The summed E-state index contributed by atoms with van der Waals surface area (Å²) in [6, 6.07) is 0. The minimum absolute atomic E-state index is 0. The fourth-order valence-corrected chi connectivity index (χ4v) is 0.942. The van der Waals surface area contributed by atoms with Gasteiger partial charge in [-0.3, -0.25) is 0 Å². The van der Waals surface area contributed by atoms with Crippen molar-refractivity contribution in [2.45, 2.75) is 33.6 Å². The van der Waals surface area contributed by atoms with Crippen LogP contribution >= 0.6 is 0 Å². The molecule has 0 aromatic heterocycles. The van der Waals surface area contributed by atoms with Crippen molar-refractivity contribution >= 4 is 6.09 Å². The second-order valence-corrected chi connectivity index (χ2v) is 2.63. The van der Waals surface area contributed by atoms with E-state index in [1.54, 1.807) is 4.90 Å². The molecule has 0 saturated heterocycles. The van der Waals surface area contributed by atoms with Crippen molar-refractivity contribution in [3.63, 3.8) is 0 Å². The van der Waals surface area contributed by atoms with E-state index in [4.69, 9.17) is 4.74 Å². The Morgan fingerprint density at radius 3 is 2.31 bits per heavy atom. The van der Waals surface area contributed by atoms with Crippen molar-refractivity contribution in [1.29, 1.82) is 0 Å². The Balaban J connectivity index is 0. The molecular weight excluding hydrogens is 219 g/mol. The maximum absolute atomic E-state index is 11.2. The van der Waals surface area contributed by atoms with Gasteiger partial charge in [0.15, 0.2) is 0 Å². The average molecular weight is 239 g/mol. The van der Waals surface area contributed by atoms with E-state index in [1.165, 1.54) is 0 Å². The molecule has 0 N–H and O–H groups in total. The van der Waals surface area contributed by atoms with Crippen LogP contribution in [-0.4, -0.2) is 30.7 Å². The van der Waals surface area contributed by atoms with E-state index in [9.17, 15) is 4.79 Å². The molecule has 0 aromatic rings. The zero-order valence-corrected chi connectivity index (χ0v) is 12.0. The molecule has 74 valence electrons. The Hall–Kier alpha value is -0.107. The van der Waals surface area contributed by atoms with Gasteiger partial charge < -0.3 is 9.64 Å². The predicted octanol–water partition coefficient (Wildman–Crippen LogP) is 2.26. The number of nitrogens with zero attached hydrogens (tertiary/aromatic N) is 1. The third-order valence-electron chi connectivity index (χ3n) is 1.69. The molecule has 0 radical (unpaired) electrons. The molecule has 0 rings (SSSR count). The minimum atomic E-state index is -0.187. The summed E-state index contributed by atoms with van der Waals surface area (Å²) in [4.78, 5) is 12.9. The van der Waals surface area contributed by atoms with E-state index in [0.29, 0.717) is 6.61 Å². The fraction of sp³-hybridized carbons (Fsp3) is 0.889. The number of ether oxygens (including phenoxy) is 1. The third-order valence-corrected chi connectivity index (χ3v) is 1.69. The van der Waals surface area contributed by atoms with E-state index < -0.39 is 0 Å². The van der Waals surface area contributed by atoms with Crippen LogP contribution in [0.15, 0.2) is 0 Å². The maximum atomic E-state index is 11.2. The summed E-state index contributed by atoms with van der Waals surface area (Å²) in [7, 11) is 0. The van der Waals surface area contributed by atoms with Crippen molar-refractivity contribution in [2.24, 2.45) is 0 Å². The van der Waals surface area contributed by atoms with Crippen molar-refractivity contribution in [2.75, 3.05) is 19.7 Å². The van der Waals surface area contributed by atoms with Crippen LogP contribution < -0.4 is 0 Å². The van der Waals surface area contributed by atoms with Gasteiger partial charge in [-0.05, 0) is 20.3 Å². The fourth-order valence-electron chi connectivity index (χ4n) is 0.942. The second-order valence-electron chi connectivity index (χ2n) is 2.63. The first-order valence-electron chi connectivity index (χ1n) is 4.67. The molecule has 0 saturated carbocycles. The zero-order chi connectivity index (χ0) is 9.40. The molecule has 0 aliphatic rings. The Morgan fingerprint density at radius 2 is 1.92 bits per heavy atom. The number of carbonyl (C=O) groups is 1. The van der Waals surface area contributed by atoms with Gasteiger partial charge in [-0.1, -0.05) is 13.3 Å². The van der Waals surface area contributed by atoms with E-state index in [1.807, 2.05) is 13.8 Å². The molecule has 0 atom stereocenters. The number of hydrogen-bond donors (Lipinski definition) is 0. The smallest absolute Gasteiger partial charge is 0.409 e. The van der Waals surface area contributed by atoms with E-state index >= 15 is 0 Å². The first kappa shape index (κ1) is 15.4. The maximum Gasteiger partial charge on any atom is 0.409 e.